The molecule has 2 N–H and O–H groups in total. The Kier molecular flexibility index (Phi) is 4.23. The number of hydrogen-bond acceptors (Lipinski definition) is 5. The number of benzene rings is 1. The van der Waals surface area contributed by atoms with Crippen molar-refractivity contribution in [2.75, 3.05) is 7.11 Å². The van der Waals surface area contributed by atoms with Gasteiger partial charge in [-0.2, -0.15) is 0 Å². The smallest absolute Gasteiger partial charge is 0.278 e. The van der Waals surface area contributed by atoms with Crippen LogP contribution in [0, 0.1) is 12.8 Å². The van der Waals surface area contributed by atoms with Gasteiger partial charge < -0.3 is 4.74 Å². The van der Waals surface area contributed by atoms with Crippen LogP contribution in [0.3, 0.4) is 0 Å². The second-order valence-electron chi connectivity index (χ2n) is 8.85. The number of nitrogens with zero attached hydrogens (tertiary/aromatic N) is 2. The molecule has 1 aromatic heterocycles. The molecule has 1 unspecified atom stereocenters. The number of carbonyl (C=O) groups excluding carboxylic acids is 1. The summed E-state index contributed by atoms with van der Waals surface area (Å²) >= 11 is 0. The third-order valence-electron chi connectivity index (χ3n) is 6.88. The van der Waals surface area contributed by atoms with Gasteiger partial charge in [-0.15, -0.1) is 0 Å². The Bertz CT molecular complexity index is 970. The molecule has 6 heteroatoms. The van der Waals surface area contributed by atoms with Gasteiger partial charge in [-0.05, 0) is 60.9 Å². The first-order valence-electron chi connectivity index (χ1n) is 9.71. The van der Waals surface area contributed by atoms with Crippen LogP contribution in [0.25, 0.3) is 0 Å². The first kappa shape index (κ1) is 18.9. The minimum absolute atomic E-state index is 0.0812. The van der Waals surface area contributed by atoms with E-state index in [1.807, 2.05) is 25.3 Å². The number of hydroxylamine groups is 1. The largest absolute Gasteiger partial charge is 0.496 e. The van der Waals surface area contributed by atoms with Gasteiger partial charge in [0.2, 0.25) is 0 Å². The molecule has 148 valence electrons. The highest BCUT2D eigenvalue weighted by Crippen LogP contribution is 2.56. The Hall–Kier alpha value is -2.47. The number of aromatic nitrogens is 2. The van der Waals surface area contributed by atoms with Crippen LogP contribution in [0.15, 0.2) is 18.3 Å². The zero-order valence-electron chi connectivity index (χ0n) is 17.1. The van der Waals surface area contributed by atoms with Crippen LogP contribution in [0.2, 0.25) is 0 Å². The number of fused-ring (bicyclic) bond motifs is 4. The minimum Gasteiger partial charge on any atom is -0.496 e. The van der Waals surface area contributed by atoms with Crippen molar-refractivity contribution in [2.45, 2.75) is 57.8 Å². The molecule has 2 aliphatic rings. The van der Waals surface area contributed by atoms with Gasteiger partial charge in [0.15, 0.2) is 0 Å². The fourth-order valence-electron chi connectivity index (χ4n) is 5.69. The molecule has 0 radical (unpaired) electrons. The van der Waals surface area contributed by atoms with Crippen LogP contribution in [0.4, 0.5) is 0 Å². The summed E-state index contributed by atoms with van der Waals surface area (Å²) in [6.07, 6.45) is 4.73. The maximum absolute atomic E-state index is 12.1. The Balaban J connectivity index is 1.91. The molecule has 2 aromatic rings. The van der Waals surface area contributed by atoms with E-state index in [1.165, 1.54) is 11.1 Å². The Morgan fingerprint density at radius 1 is 1.29 bits per heavy atom. The van der Waals surface area contributed by atoms with Crippen LogP contribution in [0.5, 0.6) is 5.75 Å². The summed E-state index contributed by atoms with van der Waals surface area (Å²) in [4.78, 5) is 21.3. The zero-order chi connectivity index (χ0) is 20.3. The number of methoxy groups -OCH3 is 1. The summed E-state index contributed by atoms with van der Waals surface area (Å²) in [5.41, 5.74) is 6.61. The average Bonchev–Trinajstić information content (AvgIpc) is 2.67. The zero-order valence-corrected chi connectivity index (χ0v) is 17.1. The topological polar surface area (TPSA) is 84.3 Å². The molecule has 4 rings (SSSR count). The Morgan fingerprint density at radius 3 is 2.71 bits per heavy atom. The van der Waals surface area contributed by atoms with E-state index in [-0.39, 0.29) is 10.8 Å². The summed E-state index contributed by atoms with van der Waals surface area (Å²) < 4.78 is 5.50. The molecular weight excluding hydrogens is 354 g/mol. The van der Waals surface area contributed by atoms with Crippen molar-refractivity contribution in [3.63, 3.8) is 0 Å². The summed E-state index contributed by atoms with van der Waals surface area (Å²) in [5, 5.41) is 9.08. The molecule has 0 bridgehead atoms. The molecule has 1 aromatic carbocycles. The standard InChI is InChI=1S/C22H27N3O3/c1-12-23-11-14-10-22(4)16-9-17(28-5)15(20(26)25-27)8-13(16)6-7-18(22)21(2,3)19(14)24-12/h8-9,11,18,27H,6-7,10H2,1-5H3,(H,25,26)/t18?,22-/m1/s1. The fourth-order valence-corrected chi connectivity index (χ4v) is 5.69. The van der Waals surface area contributed by atoms with E-state index in [1.54, 1.807) is 12.6 Å². The predicted molar refractivity (Wildman–Crippen MR) is 105 cm³/mol. The summed E-state index contributed by atoms with van der Waals surface area (Å²) in [6.45, 7) is 8.83. The van der Waals surface area contributed by atoms with Crippen molar-refractivity contribution in [1.29, 1.82) is 0 Å². The van der Waals surface area contributed by atoms with Crippen molar-refractivity contribution in [2.24, 2.45) is 5.92 Å². The monoisotopic (exact) mass is 381 g/mol. The first-order valence-corrected chi connectivity index (χ1v) is 9.71. The summed E-state index contributed by atoms with van der Waals surface area (Å²) in [6, 6.07) is 3.86. The second kappa shape index (κ2) is 6.27. The van der Waals surface area contributed by atoms with Gasteiger partial charge in [-0.1, -0.05) is 20.8 Å². The van der Waals surface area contributed by atoms with E-state index < -0.39 is 5.91 Å². The Labute approximate surface area is 165 Å². The normalized spacial score (nSPS) is 24.6. The number of amides is 1. The average molecular weight is 381 g/mol. The van der Waals surface area contributed by atoms with E-state index in [4.69, 9.17) is 14.9 Å². The van der Waals surface area contributed by atoms with Crippen LogP contribution in [-0.4, -0.2) is 28.2 Å². The number of ether oxygens (including phenoxy) is 1. The predicted octanol–water partition coefficient (Wildman–Crippen LogP) is 3.27. The minimum atomic E-state index is -0.551. The molecule has 0 spiro atoms. The number of aryl methyl sites for hydroxylation is 2. The number of rotatable bonds is 2. The van der Waals surface area contributed by atoms with E-state index in [9.17, 15) is 4.79 Å². The molecule has 1 heterocycles. The molecule has 0 saturated carbocycles. The van der Waals surface area contributed by atoms with Crippen molar-refractivity contribution < 1.29 is 14.7 Å². The van der Waals surface area contributed by atoms with Gasteiger partial charge in [0, 0.05) is 17.0 Å². The SMILES string of the molecule is COc1cc2c(cc1C(=O)NO)CCC1C(C)(C)c3nc(C)ncc3C[C@]21C. The highest BCUT2D eigenvalue weighted by molar-refractivity contribution is 5.96. The number of nitrogens with one attached hydrogen (secondary N) is 1. The molecular formula is C22H27N3O3. The molecule has 1 amide bonds. The second-order valence-corrected chi connectivity index (χ2v) is 8.85. The first-order chi connectivity index (χ1) is 13.2. The lowest BCUT2D eigenvalue weighted by Gasteiger charge is -2.54. The van der Waals surface area contributed by atoms with E-state index in [2.05, 4.69) is 25.8 Å². The van der Waals surface area contributed by atoms with Crippen LogP contribution >= 0.6 is 0 Å². The summed E-state index contributed by atoms with van der Waals surface area (Å²) in [5.74, 6) is 1.16. The van der Waals surface area contributed by atoms with E-state index in [0.29, 0.717) is 17.2 Å². The van der Waals surface area contributed by atoms with Crippen molar-refractivity contribution in [3.05, 3.63) is 52.1 Å². The lowest BCUT2D eigenvalue weighted by atomic mass is 9.50. The van der Waals surface area contributed by atoms with Gasteiger partial charge in [0.25, 0.3) is 5.91 Å². The lowest BCUT2D eigenvalue weighted by Crippen LogP contribution is -2.52. The van der Waals surface area contributed by atoms with Gasteiger partial charge in [0.05, 0.1) is 18.4 Å². The fraction of sp³-hybridized carbons (Fsp3) is 0.500. The van der Waals surface area contributed by atoms with Crippen LogP contribution in [-0.2, 0) is 23.7 Å². The number of hydrogen-bond donors (Lipinski definition) is 2. The van der Waals surface area contributed by atoms with Gasteiger partial charge in [-0.25, -0.2) is 15.4 Å². The quantitative estimate of drug-likeness (QED) is 0.616. The molecule has 2 aliphatic carbocycles. The molecule has 0 aliphatic heterocycles. The third kappa shape index (κ3) is 2.54. The Morgan fingerprint density at radius 2 is 2.04 bits per heavy atom. The summed E-state index contributed by atoms with van der Waals surface area (Å²) in [7, 11) is 1.55. The van der Waals surface area contributed by atoms with Crippen molar-refractivity contribution in [1.82, 2.24) is 15.4 Å². The number of carbonyl (C=O) groups is 1. The molecule has 0 fully saturated rings. The van der Waals surface area contributed by atoms with Gasteiger partial charge in [-0.3, -0.25) is 10.0 Å². The highest BCUT2D eigenvalue weighted by atomic mass is 16.5. The maximum atomic E-state index is 12.1. The molecule has 0 saturated heterocycles. The van der Waals surface area contributed by atoms with Gasteiger partial charge in [0.1, 0.15) is 11.6 Å². The molecule has 6 nitrogen and oxygen atoms in total. The van der Waals surface area contributed by atoms with Crippen molar-refractivity contribution in [3.8, 4) is 5.75 Å². The molecule has 2 atom stereocenters. The lowest BCUT2D eigenvalue weighted by molar-refractivity contribution is 0.0702. The van der Waals surface area contributed by atoms with Gasteiger partial charge >= 0.3 is 0 Å². The van der Waals surface area contributed by atoms with Crippen LogP contribution in [0.1, 0.15) is 65.8 Å². The highest BCUT2D eigenvalue weighted by Gasteiger charge is 2.53. The van der Waals surface area contributed by atoms with E-state index in [0.717, 1.165) is 36.3 Å². The van der Waals surface area contributed by atoms with E-state index >= 15 is 0 Å². The third-order valence-corrected chi connectivity index (χ3v) is 6.88. The van der Waals surface area contributed by atoms with Crippen LogP contribution < -0.4 is 10.2 Å². The van der Waals surface area contributed by atoms with Crippen molar-refractivity contribution >= 4 is 5.91 Å². The molecule has 28 heavy (non-hydrogen) atoms. The maximum Gasteiger partial charge on any atom is 0.278 e.